The number of anilines is 2. The second-order valence-corrected chi connectivity index (χ2v) is 7.44. The van der Waals surface area contributed by atoms with Crippen molar-refractivity contribution in [2.24, 2.45) is 0 Å². The van der Waals surface area contributed by atoms with E-state index >= 15 is 0 Å². The van der Waals surface area contributed by atoms with E-state index in [-0.39, 0.29) is 5.56 Å². The molecule has 2 N–H and O–H groups in total. The minimum atomic E-state index is -0.561. The Labute approximate surface area is 181 Å². The Morgan fingerprint density at radius 1 is 1.16 bits per heavy atom. The lowest BCUT2D eigenvalue weighted by Gasteiger charge is -2.23. The first-order valence-corrected chi connectivity index (χ1v) is 10.4. The molecule has 164 valence electrons. The molecule has 3 rings (SSSR count). The number of amides is 1. The summed E-state index contributed by atoms with van der Waals surface area (Å²) in [4.78, 5) is 14.5. The Morgan fingerprint density at radius 3 is 2.61 bits per heavy atom. The van der Waals surface area contributed by atoms with E-state index in [0.717, 1.165) is 31.5 Å². The summed E-state index contributed by atoms with van der Waals surface area (Å²) in [5.74, 6) is -0.686. The number of benzene rings is 2. The molecule has 1 heterocycles. The van der Waals surface area contributed by atoms with Crippen LogP contribution in [0.3, 0.4) is 0 Å². The topological polar surface area (TPSA) is 83.3 Å². The lowest BCUT2D eigenvalue weighted by Crippen LogP contribution is -2.30. The van der Waals surface area contributed by atoms with Crippen LogP contribution in [0.5, 0.6) is 0 Å². The van der Waals surface area contributed by atoms with Gasteiger partial charge in [-0.25, -0.2) is 4.39 Å². The number of hydrogen-bond acceptors (Lipinski definition) is 6. The summed E-state index contributed by atoms with van der Waals surface area (Å²) in [7, 11) is 2.13. The fourth-order valence-electron chi connectivity index (χ4n) is 3.01. The molecule has 0 aliphatic carbocycles. The minimum absolute atomic E-state index is 0.00506. The van der Waals surface area contributed by atoms with Crippen LogP contribution in [0.15, 0.2) is 52.9 Å². The number of carbonyl (C=O) groups is 1. The summed E-state index contributed by atoms with van der Waals surface area (Å²) in [5, 5.41) is 13.9. The average molecular weight is 426 g/mol. The molecular weight excluding hydrogens is 397 g/mol. The van der Waals surface area contributed by atoms with Crippen LogP contribution in [-0.4, -0.2) is 47.2 Å². The van der Waals surface area contributed by atoms with Crippen LogP contribution in [0.1, 0.15) is 37.0 Å². The summed E-state index contributed by atoms with van der Waals surface area (Å²) < 4.78 is 19.4. The van der Waals surface area contributed by atoms with Crippen molar-refractivity contribution in [3.05, 3.63) is 59.9 Å². The van der Waals surface area contributed by atoms with Gasteiger partial charge in [0.25, 0.3) is 5.91 Å². The molecule has 8 heteroatoms. The van der Waals surface area contributed by atoms with E-state index in [4.69, 9.17) is 4.42 Å². The standard InChI is InChI=1S/C23H28FN5O2/c1-4-16(2)29(3)15-7-14-25-23-28-27-22(31-23)17-10-12-18(13-11-17)26-21(30)19-8-5-6-9-20(19)24/h5-6,8-13,16H,4,7,14-15H2,1-3H3,(H,25,28)(H,26,30). The minimum Gasteiger partial charge on any atom is -0.403 e. The Morgan fingerprint density at radius 2 is 1.90 bits per heavy atom. The van der Waals surface area contributed by atoms with E-state index < -0.39 is 11.7 Å². The third-order valence-corrected chi connectivity index (χ3v) is 5.24. The zero-order valence-electron chi connectivity index (χ0n) is 18.1. The van der Waals surface area contributed by atoms with Gasteiger partial charge in [-0.1, -0.05) is 24.2 Å². The van der Waals surface area contributed by atoms with Gasteiger partial charge in [0, 0.05) is 23.8 Å². The summed E-state index contributed by atoms with van der Waals surface area (Å²) in [5.41, 5.74) is 1.26. The predicted octanol–water partition coefficient (Wildman–Crippen LogP) is 4.66. The van der Waals surface area contributed by atoms with Crippen molar-refractivity contribution < 1.29 is 13.6 Å². The summed E-state index contributed by atoms with van der Waals surface area (Å²) in [6, 6.07) is 13.7. The zero-order valence-corrected chi connectivity index (χ0v) is 18.1. The molecule has 1 amide bonds. The van der Waals surface area contributed by atoms with Crippen molar-refractivity contribution in [1.29, 1.82) is 0 Å². The Balaban J connectivity index is 1.52. The quantitative estimate of drug-likeness (QED) is 0.460. The van der Waals surface area contributed by atoms with Crippen molar-refractivity contribution in [3.8, 4) is 11.5 Å². The number of carbonyl (C=O) groups excluding carboxylic acids is 1. The number of nitrogens with one attached hydrogen (secondary N) is 2. The molecule has 0 aliphatic rings. The molecule has 1 atom stereocenters. The molecule has 3 aromatic rings. The van der Waals surface area contributed by atoms with Gasteiger partial charge in [-0.15, -0.1) is 5.10 Å². The molecular formula is C23H28FN5O2. The van der Waals surface area contributed by atoms with Crippen molar-refractivity contribution in [2.75, 3.05) is 30.8 Å². The summed E-state index contributed by atoms with van der Waals surface area (Å²) in [6.07, 6.45) is 2.09. The molecule has 0 fully saturated rings. The van der Waals surface area contributed by atoms with Crippen LogP contribution in [-0.2, 0) is 0 Å². The number of hydrogen-bond donors (Lipinski definition) is 2. The second kappa shape index (κ2) is 10.7. The van der Waals surface area contributed by atoms with Gasteiger partial charge in [0.05, 0.1) is 5.56 Å². The Kier molecular flexibility index (Phi) is 7.72. The van der Waals surface area contributed by atoms with Gasteiger partial charge < -0.3 is 20.0 Å². The first kappa shape index (κ1) is 22.4. The number of nitrogens with zero attached hydrogens (tertiary/aromatic N) is 3. The number of aromatic nitrogens is 2. The van der Waals surface area contributed by atoms with Gasteiger partial charge in [-0.3, -0.25) is 4.79 Å². The maximum Gasteiger partial charge on any atom is 0.315 e. The SMILES string of the molecule is CCC(C)N(C)CCCNc1nnc(-c2ccc(NC(=O)c3ccccc3F)cc2)o1. The largest absolute Gasteiger partial charge is 0.403 e. The van der Waals surface area contributed by atoms with Gasteiger partial charge >= 0.3 is 6.01 Å². The van der Waals surface area contributed by atoms with Crippen molar-refractivity contribution in [1.82, 2.24) is 15.1 Å². The molecule has 7 nitrogen and oxygen atoms in total. The highest BCUT2D eigenvalue weighted by atomic mass is 19.1. The summed E-state index contributed by atoms with van der Waals surface area (Å²) in [6.45, 7) is 6.13. The smallest absolute Gasteiger partial charge is 0.315 e. The highest BCUT2D eigenvalue weighted by Crippen LogP contribution is 2.22. The highest BCUT2D eigenvalue weighted by molar-refractivity contribution is 6.04. The zero-order chi connectivity index (χ0) is 22.2. The Hall–Kier alpha value is -3.26. The number of halogens is 1. The molecule has 2 aromatic carbocycles. The molecule has 0 spiro atoms. The van der Waals surface area contributed by atoms with Crippen molar-refractivity contribution in [3.63, 3.8) is 0 Å². The van der Waals surface area contributed by atoms with E-state index in [1.54, 1.807) is 36.4 Å². The fourth-order valence-corrected chi connectivity index (χ4v) is 3.01. The molecule has 1 unspecified atom stereocenters. The fraction of sp³-hybridized carbons (Fsp3) is 0.348. The maximum absolute atomic E-state index is 13.7. The van der Waals surface area contributed by atoms with Crippen molar-refractivity contribution >= 4 is 17.6 Å². The second-order valence-electron chi connectivity index (χ2n) is 7.44. The van der Waals surface area contributed by atoms with E-state index in [9.17, 15) is 9.18 Å². The molecule has 0 bridgehead atoms. The van der Waals surface area contributed by atoms with E-state index in [2.05, 4.69) is 46.6 Å². The van der Waals surface area contributed by atoms with Crippen LogP contribution in [0.4, 0.5) is 16.1 Å². The average Bonchev–Trinajstić information content (AvgIpc) is 3.25. The van der Waals surface area contributed by atoms with Crippen LogP contribution in [0, 0.1) is 5.82 Å². The Bertz CT molecular complexity index is 990. The highest BCUT2D eigenvalue weighted by Gasteiger charge is 2.12. The van der Waals surface area contributed by atoms with Gasteiger partial charge in [0.15, 0.2) is 0 Å². The molecule has 0 saturated carbocycles. The molecule has 31 heavy (non-hydrogen) atoms. The van der Waals surface area contributed by atoms with Crippen molar-refractivity contribution in [2.45, 2.75) is 32.7 Å². The molecule has 0 radical (unpaired) electrons. The normalized spacial score (nSPS) is 12.0. The first-order valence-electron chi connectivity index (χ1n) is 10.4. The van der Waals surface area contributed by atoms with Crippen LogP contribution in [0.2, 0.25) is 0 Å². The lowest BCUT2D eigenvalue weighted by atomic mass is 10.1. The van der Waals surface area contributed by atoms with Crippen LogP contribution in [0.25, 0.3) is 11.5 Å². The summed E-state index contributed by atoms with van der Waals surface area (Å²) >= 11 is 0. The van der Waals surface area contributed by atoms with Crippen LogP contribution >= 0.6 is 0 Å². The third-order valence-electron chi connectivity index (χ3n) is 5.24. The molecule has 0 aliphatic heterocycles. The molecule has 1 aromatic heterocycles. The van der Waals surface area contributed by atoms with Gasteiger partial charge in [-0.2, -0.15) is 0 Å². The maximum atomic E-state index is 13.7. The van der Waals surface area contributed by atoms with Gasteiger partial charge in [0.2, 0.25) is 5.89 Å². The van der Waals surface area contributed by atoms with E-state index in [0.29, 0.717) is 23.6 Å². The van der Waals surface area contributed by atoms with E-state index in [1.165, 1.54) is 12.1 Å². The monoisotopic (exact) mass is 425 g/mol. The molecule has 0 saturated heterocycles. The number of rotatable bonds is 10. The lowest BCUT2D eigenvalue weighted by molar-refractivity contribution is 0.102. The van der Waals surface area contributed by atoms with Crippen LogP contribution < -0.4 is 10.6 Å². The van der Waals surface area contributed by atoms with Gasteiger partial charge in [0.1, 0.15) is 5.82 Å². The predicted molar refractivity (Wildman–Crippen MR) is 120 cm³/mol. The third kappa shape index (κ3) is 6.11. The van der Waals surface area contributed by atoms with Gasteiger partial charge in [-0.05, 0) is 69.8 Å². The first-order chi connectivity index (χ1) is 15.0. The van der Waals surface area contributed by atoms with E-state index in [1.807, 2.05) is 0 Å².